The Labute approximate surface area is 114 Å². The Kier molecular flexibility index (Phi) is 5.35. The molecule has 1 heterocycles. The topological polar surface area (TPSA) is 73.5 Å². The number of hydrogen-bond acceptors (Lipinski definition) is 6. The molecule has 2 N–H and O–H groups in total. The van der Waals surface area contributed by atoms with Crippen LogP contribution in [-0.4, -0.2) is 43.8 Å². The number of nitrogens with two attached hydrogens (primary N) is 1. The van der Waals surface area contributed by atoms with Crippen molar-refractivity contribution in [3.8, 4) is 11.8 Å². The molecule has 0 saturated heterocycles. The van der Waals surface area contributed by atoms with Gasteiger partial charge < -0.3 is 20.1 Å². The summed E-state index contributed by atoms with van der Waals surface area (Å²) in [5, 5.41) is 0. The molecule has 0 aromatic carbocycles. The first-order chi connectivity index (χ1) is 8.95. The summed E-state index contributed by atoms with van der Waals surface area (Å²) in [5.74, 6) is 1.58. The summed E-state index contributed by atoms with van der Waals surface area (Å²) >= 11 is 0. The van der Waals surface area contributed by atoms with Crippen LogP contribution in [0.2, 0.25) is 0 Å². The van der Waals surface area contributed by atoms with Crippen molar-refractivity contribution in [3.05, 3.63) is 6.07 Å². The van der Waals surface area contributed by atoms with Crippen LogP contribution < -0.4 is 20.1 Å². The number of ether oxygens (including phenoxy) is 2. The molecule has 0 aliphatic rings. The Morgan fingerprint density at radius 3 is 2.11 bits per heavy atom. The second-order valence-electron chi connectivity index (χ2n) is 5.14. The Hall–Kier alpha value is -1.56. The van der Waals surface area contributed by atoms with Crippen LogP contribution in [0.15, 0.2) is 6.07 Å². The van der Waals surface area contributed by atoms with E-state index in [4.69, 9.17) is 15.2 Å². The molecule has 0 aliphatic carbocycles. The molecule has 108 valence electrons. The fourth-order valence-corrected chi connectivity index (χ4v) is 1.65. The lowest BCUT2D eigenvalue weighted by Crippen LogP contribution is -2.39. The number of aromatic nitrogens is 2. The average molecular weight is 268 g/mol. The van der Waals surface area contributed by atoms with E-state index in [0.717, 1.165) is 13.1 Å². The lowest BCUT2D eigenvalue weighted by Gasteiger charge is -2.31. The van der Waals surface area contributed by atoms with Crippen LogP contribution in [0, 0.1) is 5.41 Å². The van der Waals surface area contributed by atoms with E-state index in [0.29, 0.717) is 24.3 Å². The van der Waals surface area contributed by atoms with Gasteiger partial charge in [-0.25, -0.2) is 0 Å². The van der Waals surface area contributed by atoms with E-state index >= 15 is 0 Å². The van der Waals surface area contributed by atoms with Gasteiger partial charge in [-0.2, -0.15) is 9.97 Å². The molecule has 6 heteroatoms. The van der Waals surface area contributed by atoms with Crippen molar-refractivity contribution < 1.29 is 9.47 Å². The zero-order chi connectivity index (χ0) is 14.5. The first-order valence-corrected chi connectivity index (χ1v) is 6.38. The SMILES string of the molecule is CCN(CC(C)(C)CN)c1nc(OC)cc(OC)n1. The number of nitrogens with zero attached hydrogens (tertiary/aromatic N) is 3. The molecule has 1 aromatic heterocycles. The summed E-state index contributed by atoms with van der Waals surface area (Å²) in [5.41, 5.74) is 5.78. The van der Waals surface area contributed by atoms with Crippen LogP contribution in [0.4, 0.5) is 5.95 Å². The molecular formula is C13H24N4O2. The van der Waals surface area contributed by atoms with Gasteiger partial charge >= 0.3 is 0 Å². The zero-order valence-corrected chi connectivity index (χ0v) is 12.4. The van der Waals surface area contributed by atoms with Crippen LogP contribution in [0.1, 0.15) is 20.8 Å². The molecule has 0 spiro atoms. The molecule has 0 unspecified atom stereocenters. The van der Waals surface area contributed by atoms with Crippen molar-refractivity contribution in [2.45, 2.75) is 20.8 Å². The second-order valence-corrected chi connectivity index (χ2v) is 5.14. The zero-order valence-electron chi connectivity index (χ0n) is 12.4. The van der Waals surface area contributed by atoms with Crippen LogP contribution in [-0.2, 0) is 0 Å². The van der Waals surface area contributed by atoms with E-state index in [2.05, 4.69) is 35.6 Å². The lowest BCUT2D eigenvalue weighted by molar-refractivity contribution is 0.361. The van der Waals surface area contributed by atoms with Gasteiger partial charge in [-0.1, -0.05) is 13.8 Å². The highest BCUT2D eigenvalue weighted by atomic mass is 16.5. The number of rotatable bonds is 7. The smallest absolute Gasteiger partial charge is 0.231 e. The maximum atomic E-state index is 5.78. The summed E-state index contributed by atoms with van der Waals surface area (Å²) in [6, 6.07) is 1.66. The molecule has 0 bridgehead atoms. The Morgan fingerprint density at radius 2 is 1.74 bits per heavy atom. The average Bonchev–Trinajstić information content (AvgIpc) is 2.44. The maximum absolute atomic E-state index is 5.78. The first kappa shape index (κ1) is 15.5. The molecule has 0 amide bonds. The first-order valence-electron chi connectivity index (χ1n) is 6.38. The molecule has 0 radical (unpaired) electrons. The Bertz CT molecular complexity index is 387. The standard InChI is InChI=1S/C13H24N4O2/c1-6-17(9-13(2,3)8-14)12-15-10(18-4)7-11(16-12)19-5/h7H,6,8-9,14H2,1-5H3. The van der Waals surface area contributed by atoms with E-state index in [1.165, 1.54) is 0 Å². The van der Waals surface area contributed by atoms with Crippen molar-refractivity contribution in [1.29, 1.82) is 0 Å². The van der Waals surface area contributed by atoms with Gasteiger partial charge in [0, 0.05) is 13.1 Å². The van der Waals surface area contributed by atoms with Gasteiger partial charge in [-0.15, -0.1) is 0 Å². The monoisotopic (exact) mass is 268 g/mol. The molecule has 0 aliphatic heterocycles. The minimum absolute atomic E-state index is 0.00428. The minimum atomic E-state index is -0.00428. The molecule has 0 atom stereocenters. The molecule has 19 heavy (non-hydrogen) atoms. The molecule has 1 rings (SSSR count). The normalized spacial score (nSPS) is 11.3. The third-order valence-corrected chi connectivity index (χ3v) is 2.92. The van der Waals surface area contributed by atoms with Gasteiger partial charge in [0.1, 0.15) is 0 Å². The van der Waals surface area contributed by atoms with Gasteiger partial charge in [0.15, 0.2) is 0 Å². The maximum Gasteiger partial charge on any atom is 0.231 e. The molecule has 0 fully saturated rings. The van der Waals surface area contributed by atoms with Crippen molar-refractivity contribution >= 4 is 5.95 Å². The van der Waals surface area contributed by atoms with Crippen LogP contribution in [0.5, 0.6) is 11.8 Å². The van der Waals surface area contributed by atoms with E-state index in [1.807, 2.05) is 0 Å². The lowest BCUT2D eigenvalue weighted by atomic mass is 9.93. The fourth-order valence-electron chi connectivity index (χ4n) is 1.65. The van der Waals surface area contributed by atoms with Gasteiger partial charge in [0.25, 0.3) is 0 Å². The van der Waals surface area contributed by atoms with Crippen molar-refractivity contribution in [2.24, 2.45) is 11.1 Å². The minimum Gasteiger partial charge on any atom is -0.481 e. The highest BCUT2D eigenvalue weighted by molar-refractivity contribution is 5.36. The van der Waals surface area contributed by atoms with Gasteiger partial charge in [0.2, 0.25) is 17.7 Å². The number of methoxy groups -OCH3 is 2. The molecule has 1 aromatic rings. The Morgan fingerprint density at radius 1 is 1.21 bits per heavy atom. The summed E-state index contributed by atoms with van der Waals surface area (Å²) in [7, 11) is 3.15. The van der Waals surface area contributed by atoms with E-state index in [1.54, 1.807) is 20.3 Å². The van der Waals surface area contributed by atoms with E-state index in [-0.39, 0.29) is 5.41 Å². The number of hydrogen-bond donors (Lipinski definition) is 1. The predicted molar refractivity (Wildman–Crippen MR) is 75.9 cm³/mol. The quantitative estimate of drug-likeness (QED) is 0.803. The molecular weight excluding hydrogens is 244 g/mol. The van der Waals surface area contributed by atoms with Crippen LogP contribution in [0.3, 0.4) is 0 Å². The van der Waals surface area contributed by atoms with Gasteiger partial charge in [0.05, 0.1) is 20.3 Å². The third-order valence-electron chi connectivity index (χ3n) is 2.92. The highest BCUT2D eigenvalue weighted by Crippen LogP contribution is 2.23. The van der Waals surface area contributed by atoms with E-state index < -0.39 is 0 Å². The van der Waals surface area contributed by atoms with Gasteiger partial charge in [-0.05, 0) is 18.9 Å². The van der Waals surface area contributed by atoms with Crippen molar-refractivity contribution in [3.63, 3.8) is 0 Å². The van der Waals surface area contributed by atoms with Crippen LogP contribution >= 0.6 is 0 Å². The summed E-state index contributed by atoms with van der Waals surface area (Å²) in [4.78, 5) is 10.8. The second kappa shape index (κ2) is 6.56. The van der Waals surface area contributed by atoms with Crippen LogP contribution in [0.25, 0.3) is 0 Å². The predicted octanol–water partition coefficient (Wildman–Crippen LogP) is 1.30. The fraction of sp³-hybridized carbons (Fsp3) is 0.692. The summed E-state index contributed by atoms with van der Waals surface area (Å²) in [6.45, 7) is 8.46. The largest absolute Gasteiger partial charge is 0.481 e. The molecule has 0 saturated carbocycles. The van der Waals surface area contributed by atoms with Crippen molar-refractivity contribution in [1.82, 2.24) is 9.97 Å². The third kappa shape index (κ3) is 4.24. The Balaban J connectivity index is 3.03. The number of anilines is 1. The summed E-state index contributed by atoms with van der Waals surface area (Å²) < 4.78 is 10.3. The highest BCUT2D eigenvalue weighted by Gasteiger charge is 2.22. The van der Waals surface area contributed by atoms with Crippen molar-refractivity contribution in [2.75, 3.05) is 38.8 Å². The van der Waals surface area contributed by atoms with E-state index in [9.17, 15) is 0 Å². The van der Waals surface area contributed by atoms with Gasteiger partial charge in [-0.3, -0.25) is 0 Å². The molecule has 6 nitrogen and oxygen atoms in total. The summed E-state index contributed by atoms with van der Waals surface area (Å²) in [6.07, 6.45) is 0.